The third kappa shape index (κ3) is 7.74. The van der Waals surface area contributed by atoms with Crippen LogP contribution in [0.5, 0.6) is 5.75 Å². The van der Waals surface area contributed by atoms with E-state index in [9.17, 15) is 0 Å². The Hall–Kier alpha value is -1.02. The molecule has 3 aliphatic carbocycles. The SMILES string of the molecule is CCC(C)c1ccc(OC(CC(C2CCCCC2)C2CCCCC2)OCC2CCCCC2)cc1. The van der Waals surface area contributed by atoms with Gasteiger partial charge in [0.2, 0.25) is 0 Å². The van der Waals surface area contributed by atoms with Gasteiger partial charge in [0.25, 0.3) is 0 Å². The predicted octanol–water partition coefficient (Wildman–Crippen LogP) is 9.67. The van der Waals surface area contributed by atoms with Crippen LogP contribution in [-0.4, -0.2) is 12.9 Å². The first-order valence-electron chi connectivity index (χ1n) is 15.1. The maximum Gasteiger partial charge on any atom is 0.200 e. The molecule has 1 aromatic carbocycles. The van der Waals surface area contributed by atoms with Crippen LogP contribution >= 0.6 is 0 Å². The summed E-state index contributed by atoms with van der Waals surface area (Å²) in [6.07, 6.45) is 23.3. The molecule has 4 rings (SSSR count). The second kappa shape index (κ2) is 13.9. The third-order valence-corrected chi connectivity index (χ3v) is 9.55. The second-order valence-electron chi connectivity index (χ2n) is 12.0. The average Bonchev–Trinajstić information content (AvgIpc) is 2.91. The smallest absolute Gasteiger partial charge is 0.200 e. The van der Waals surface area contributed by atoms with E-state index >= 15 is 0 Å². The molecule has 3 saturated carbocycles. The highest BCUT2D eigenvalue weighted by molar-refractivity contribution is 5.29. The lowest BCUT2D eigenvalue weighted by molar-refractivity contribution is -0.116. The number of ether oxygens (including phenoxy) is 2. The molecule has 0 bridgehead atoms. The fourth-order valence-corrected chi connectivity index (χ4v) is 7.13. The maximum absolute atomic E-state index is 6.67. The average molecular weight is 469 g/mol. The summed E-state index contributed by atoms with van der Waals surface area (Å²) >= 11 is 0. The van der Waals surface area contributed by atoms with E-state index in [0.717, 1.165) is 42.4 Å². The zero-order valence-electron chi connectivity index (χ0n) is 22.3. The molecule has 0 saturated heterocycles. The van der Waals surface area contributed by atoms with Crippen molar-refractivity contribution in [3.05, 3.63) is 29.8 Å². The fourth-order valence-electron chi connectivity index (χ4n) is 7.13. The summed E-state index contributed by atoms with van der Waals surface area (Å²) in [7, 11) is 0. The van der Waals surface area contributed by atoms with Crippen molar-refractivity contribution in [2.24, 2.45) is 23.7 Å². The minimum atomic E-state index is -0.0924. The Bertz CT molecular complexity index is 647. The molecule has 3 aliphatic rings. The van der Waals surface area contributed by atoms with E-state index in [1.807, 2.05) is 0 Å². The largest absolute Gasteiger partial charge is 0.465 e. The van der Waals surface area contributed by atoms with Gasteiger partial charge < -0.3 is 9.47 Å². The molecule has 0 N–H and O–H groups in total. The van der Waals surface area contributed by atoms with Gasteiger partial charge in [0.1, 0.15) is 5.75 Å². The Kier molecular flexibility index (Phi) is 10.7. The van der Waals surface area contributed by atoms with Crippen molar-refractivity contribution in [1.82, 2.24) is 0 Å². The minimum Gasteiger partial charge on any atom is -0.465 e. The van der Waals surface area contributed by atoms with Crippen molar-refractivity contribution in [2.75, 3.05) is 6.61 Å². The molecule has 0 heterocycles. The summed E-state index contributed by atoms with van der Waals surface area (Å²) in [6, 6.07) is 8.91. The lowest BCUT2D eigenvalue weighted by Crippen LogP contribution is -2.34. The first-order valence-corrected chi connectivity index (χ1v) is 15.1. The molecule has 0 aliphatic heterocycles. The van der Waals surface area contributed by atoms with Crippen molar-refractivity contribution in [3.8, 4) is 5.75 Å². The summed E-state index contributed by atoms with van der Waals surface area (Å²) in [5, 5.41) is 0. The lowest BCUT2D eigenvalue weighted by atomic mass is 9.68. The van der Waals surface area contributed by atoms with Gasteiger partial charge in [0.05, 0.1) is 6.61 Å². The van der Waals surface area contributed by atoms with Crippen molar-refractivity contribution in [1.29, 1.82) is 0 Å². The van der Waals surface area contributed by atoms with Crippen LogP contribution in [0.25, 0.3) is 0 Å². The molecule has 0 spiro atoms. The summed E-state index contributed by atoms with van der Waals surface area (Å²) in [6.45, 7) is 5.46. The molecule has 34 heavy (non-hydrogen) atoms. The normalized spacial score (nSPS) is 23.1. The van der Waals surface area contributed by atoms with Crippen LogP contribution < -0.4 is 4.74 Å². The van der Waals surface area contributed by atoms with E-state index in [1.54, 1.807) is 0 Å². The van der Waals surface area contributed by atoms with E-state index in [-0.39, 0.29) is 6.29 Å². The van der Waals surface area contributed by atoms with E-state index in [1.165, 1.54) is 108 Å². The van der Waals surface area contributed by atoms with E-state index in [4.69, 9.17) is 9.47 Å². The Morgan fingerprint density at radius 1 is 0.735 bits per heavy atom. The van der Waals surface area contributed by atoms with Gasteiger partial charge in [0, 0.05) is 6.42 Å². The standard InChI is InChI=1S/C32H52O2/c1-3-25(2)27-19-21-30(22-20-27)34-32(33-24-26-13-7-4-8-14-26)23-31(28-15-9-5-10-16-28)29-17-11-6-12-18-29/h19-22,25-26,28-29,31-32H,3-18,23-24H2,1-2H3. The van der Waals surface area contributed by atoms with Crippen LogP contribution in [-0.2, 0) is 4.74 Å². The van der Waals surface area contributed by atoms with Crippen LogP contribution in [0.15, 0.2) is 24.3 Å². The van der Waals surface area contributed by atoms with Crippen molar-refractivity contribution >= 4 is 0 Å². The molecule has 2 unspecified atom stereocenters. The van der Waals surface area contributed by atoms with Gasteiger partial charge in [-0.25, -0.2) is 0 Å². The quantitative estimate of drug-likeness (QED) is 0.301. The third-order valence-electron chi connectivity index (χ3n) is 9.55. The summed E-state index contributed by atoms with van der Waals surface area (Å²) in [5.74, 6) is 4.87. The zero-order valence-corrected chi connectivity index (χ0v) is 22.3. The Morgan fingerprint density at radius 2 is 1.26 bits per heavy atom. The van der Waals surface area contributed by atoms with Gasteiger partial charge in [-0.3, -0.25) is 0 Å². The van der Waals surface area contributed by atoms with E-state index < -0.39 is 0 Å². The van der Waals surface area contributed by atoms with Crippen LogP contribution in [0.4, 0.5) is 0 Å². The minimum absolute atomic E-state index is 0.0924. The molecule has 0 aromatic heterocycles. The maximum atomic E-state index is 6.67. The highest BCUT2D eigenvalue weighted by Crippen LogP contribution is 2.43. The summed E-state index contributed by atoms with van der Waals surface area (Å²) in [4.78, 5) is 0. The molecule has 0 radical (unpaired) electrons. The van der Waals surface area contributed by atoms with E-state index in [2.05, 4.69) is 38.1 Å². The topological polar surface area (TPSA) is 18.5 Å². The lowest BCUT2D eigenvalue weighted by Gasteiger charge is -2.39. The molecule has 0 amide bonds. The number of hydrogen-bond acceptors (Lipinski definition) is 2. The van der Waals surface area contributed by atoms with Crippen molar-refractivity contribution in [3.63, 3.8) is 0 Å². The van der Waals surface area contributed by atoms with Gasteiger partial charge in [0.15, 0.2) is 6.29 Å². The Labute approximate surface area is 210 Å². The van der Waals surface area contributed by atoms with Gasteiger partial charge in [-0.15, -0.1) is 0 Å². The summed E-state index contributed by atoms with van der Waals surface area (Å²) in [5.41, 5.74) is 1.41. The van der Waals surface area contributed by atoms with Crippen molar-refractivity contribution in [2.45, 2.75) is 135 Å². The van der Waals surface area contributed by atoms with Gasteiger partial charge in [-0.1, -0.05) is 109 Å². The number of hydrogen-bond donors (Lipinski definition) is 0. The molecule has 2 atom stereocenters. The van der Waals surface area contributed by atoms with Gasteiger partial charge in [-0.05, 0) is 66.5 Å². The molecular formula is C32H52O2. The number of benzene rings is 1. The monoisotopic (exact) mass is 468 g/mol. The molecule has 2 heteroatoms. The summed E-state index contributed by atoms with van der Waals surface area (Å²) < 4.78 is 13.3. The van der Waals surface area contributed by atoms with Crippen LogP contribution in [0, 0.1) is 23.7 Å². The number of rotatable bonds is 11. The predicted molar refractivity (Wildman–Crippen MR) is 143 cm³/mol. The fraction of sp³-hybridized carbons (Fsp3) is 0.812. The molecule has 3 fully saturated rings. The first kappa shape index (κ1) is 26.1. The van der Waals surface area contributed by atoms with Gasteiger partial charge in [-0.2, -0.15) is 0 Å². The Morgan fingerprint density at radius 3 is 1.79 bits per heavy atom. The zero-order chi connectivity index (χ0) is 23.6. The van der Waals surface area contributed by atoms with Crippen LogP contribution in [0.1, 0.15) is 134 Å². The van der Waals surface area contributed by atoms with Crippen LogP contribution in [0.3, 0.4) is 0 Å². The molecule has 192 valence electrons. The molecular weight excluding hydrogens is 416 g/mol. The molecule has 2 nitrogen and oxygen atoms in total. The molecule has 1 aromatic rings. The van der Waals surface area contributed by atoms with Crippen molar-refractivity contribution < 1.29 is 9.47 Å². The second-order valence-corrected chi connectivity index (χ2v) is 12.0. The highest BCUT2D eigenvalue weighted by atomic mass is 16.7. The highest BCUT2D eigenvalue weighted by Gasteiger charge is 2.34. The first-order chi connectivity index (χ1) is 16.7. The van der Waals surface area contributed by atoms with Gasteiger partial charge >= 0.3 is 0 Å². The Balaban J connectivity index is 1.46. The van der Waals surface area contributed by atoms with E-state index in [0.29, 0.717) is 5.92 Å². The van der Waals surface area contributed by atoms with Crippen LogP contribution in [0.2, 0.25) is 0 Å².